The van der Waals surface area contributed by atoms with Crippen molar-refractivity contribution in [2.45, 2.75) is 62.5 Å². The van der Waals surface area contributed by atoms with Gasteiger partial charge < -0.3 is 5.32 Å². The van der Waals surface area contributed by atoms with Crippen LogP contribution >= 0.6 is 11.8 Å². The molecule has 1 saturated heterocycles. The predicted octanol–water partition coefficient (Wildman–Crippen LogP) is 5.35. The SMILES string of the molecule is CC1C(c2ccc(C(F)(F)F)cc2)SC(=O)N1C(=O)NC1CCCCC1. The summed E-state index contributed by atoms with van der Waals surface area (Å²) in [6, 6.07) is 4.05. The van der Waals surface area contributed by atoms with Crippen LogP contribution in [0.3, 0.4) is 0 Å². The van der Waals surface area contributed by atoms with Gasteiger partial charge in [0.25, 0.3) is 5.24 Å². The van der Waals surface area contributed by atoms with Gasteiger partial charge in [-0.05, 0) is 37.5 Å². The molecule has 3 rings (SSSR count). The van der Waals surface area contributed by atoms with E-state index in [0.29, 0.717) is 5.56 Å². The Morgan fingerprint density at radius 1 is 1.15 bits per heavy atom. The zero-order chi connectivity index (χ0) is 18.9. The Morgan fingerprint density at radius 3 is 2.35 bits per heavy atom. The number of amides is 3. The maximum Gasteiger partial charge on any atom is 0.416 e. The molecule has 26 heavy (non-hydrogen) atoms. The molecule has 1 aliphatic carbocycles. The van der Waals surface area contributed by atoms with Crippen LogP contribution in [0.15, 0.2) is 24.3 Å². The van der Waals surface area contributed by atoms with Crippen LogP contribution in [0, 0.1) is 0 Å². The van der Waals surface area contributed by atoms with Crippen LogP contribution in [0.1, 0.15) is 55.4 Å². The van der Waals surface area contributed by atoms with Crippen LogP contribution in [0.5, 0.6) is 0 Å². The van der Waals surface area contributed by atoms with Gasteiger partial charge in [-0.2, -0.15) is 13.2 Å². The topological polar surface area (TPSA) is 49.4 Å². The average molecular weight is 386 g/mol. The zero-order valence-corrected chi connectivity index (χ0v) is 15.2. The summed E-state index contributed by atoms with van der Waals surface area (Å²) < 4.78 is 38.1. The van der Waals surface area contributed by atoms with E-state index in [0.717, 1.165) is 56.0 Å². The molecule has 142 valence electrons. The summed E-state index contributed by atoms with van der Waals surface area (Å²) >= 11 is 0.983. The molecular formula is C18H21F3N2O2S. The number of carbonyl (C=O) groups is 2. The molecule has 0 radical (unpaired) electrons. The van der Waals surface area contributed by atoms with Gasteiger partial charge in [-0.3, -0.25) is 9.69 Å². The van der Waals surface area contributed by atoms with Gasteiger partial charge in [-0.15, -0.1) is 0 Å². The number of alkyl halides is 3. The number of benzene rings is 1. The fraction of sp³-hybridized carbons (Fsp3) is 0.556. The Balaban J connectivity index is 1.69. The smallest absolute Gasteiger partial charge is 0.335 e. The Hall–Kier alpha value is -1.70. The third kappa shape index (κ3) is 4.00. The van der Waals surface area contributed by atoms with E-state index < -0.39 is 23.8 Å². The lowest BCUT2D eigenvalue weighted by Crippen LogP contribution is -2.48. The number of halogens is 3. The summed E-state index contributed by atoms with van der Waals surface area (Å²) in [6.07, 6.45) is 0.732. The summed E-state index contributed by atoms with van der Waals surface area (Å²) in [5, 5.41) is 2.19. The van der Waals surface area contributed by atoms with Crippen molar-refractivity contribution in [1.29, 1.82) is 0 Å². The minimum atomic E-state index is -4.39. The average Bonchev–Trinajstić information content (AvgIpc) is 2.89. The Kier molecular flexibility index (Phi) is 5.50. The quantitative estimate of drug-likeness (QED) is 0.746. The van der Waals surface area contributed by atoms with Gasteiger partial charge in [0.1, 0.15) is 0 Å². The summed E-state index contributed by atoms with van der Waals surface area (Å²) in [5.74, 6) is 0. The molecule has 1 aromatic rings. The highest BCUT2D eigenvalue weighted by Gasteiger charge is 2.43. The Bertz CT molecular complexity index is 672. The van der Waals surface area contributed by atoms with Crippen molar-refractivity contribution >= 4 is 23.0 Å². The number of nitrogens with zero attached hydrogens (tertiary/aromatic N) is 1. The lowest BCUT2D eigenvalue weighted by molar-refractivity contribution is -0.137. The lowest BCUT2D eigenvalue weighted by Gasteiger charge is -2.27. The lowest BCUT2D eigenvalue weighted by atomic mass is 9.96. The molecule has 2 fully saturated rings. The summed E-state index contributed by atoms with van der Waals surface area (Å²) in [6.45, 7) is 1.75. The van der Waals surface area contributed by atoms with Gasteiger partial charge in [0.2, 0.25) is 0 Å². The van der Waals surface area contributed by atoms with E-state index in [-0.39, 0.29) is 16.5 Å². The molecule has 2 aliphatic rings. The van der Waals surface area contributed by atoms with Crippen LogP contribution in [0.4, 0.5) is 22.8 Å². The van der Waals surface area contributed by atoms with Crippen molar-refractivity contribution in [2.24, 2.45) is 0 Å². The van der Waals surface area contributed by atoms with Gasteiger partial charge >= 0.3 is 12.2 Å². The molecule has 1 aromatic carbocycles. The molecule has 4 nitrogen and oxygen atoms in total. The largest absolute Gasteiger partial charge is 0.416 e. The van der Waals surface area contributed by atoms with Gasteiger partial charge in [0.15, 0.2) is 0 Å². The van der Waals surface area contributed by atoms with Gasteiger partial charge in [0, 0.05) is 6.04 Å². The fourth-order valence-corrected chi connectivity index (χ4v) is 4.72. The summed E-state index contributed by atoms with van der Waals surface area (Å²) in [4.78, 5) is 26.1. The molecule has 1 aliphatic heterocycles. The van der Waals surface area contributed by atoms with Crippen LogP contribution in [-0.4, -0.2) is 28.3 Å². The highest BCUT2D eigenvalue weighted by molar-refractivity contribution is 8.14. The van der Waals surface area contributed by atoms with E-state index in [1.807, 2.05) is 0 Å². The number of hydrogen-bond acceptors (Lipinski definition) is 3. The van der Waals surface area contributed by atoms with Crippen LogP contribution in [0.2, 0.25) is 0 Å². The van der Waals surface area contributed by atoms with Crippen LogP contribution in [0.25, 0.3) is 0 Å². The number of carbonyl (C=O) groups excluding carboxylic acids is 2. The van der Waals surface area contributed by atoms with E-state index in [4.69, 9.17) is 0 Å². The first-order chi connectivity index (χ1) is 12.3. The van der Waals surface area contributed by atoms with E-state index in [1.54, 1.807) is 6.92 Å². The van der Waals surface area contributed by atoms with E-state index in [2.05, 4.69) is 5.32 Å². The van der Waals surface area contributed by atoms with E-state index in [1.165, 1.54) is 17.0 Å². The van der Waals surface area contributed by atoms with Gasteiger partial charge in [0.05, 0.1) is 16.9 Å². The molecule has 0 bridgehead atoms. The van der Waals surface area contributed by atoms with Gasteiger partial charge in [-0.25, -0.2) is 4.79 Å². The Labute approximate surface area is 154 Å². The van der Waals surface area contributed by atoms with Crippen molar-refractivity contribution in [1.82, 2.24) is 10.2 Å². The normalized spacial score (nSPS) is 24.8. The van der Waals surface area contributed by atoms with Crippen LogP contribution < -0.4 is 5.32 Å². The highest BCUT2D eigenvalue weighted by Crippen LogP contribution is 2.43. The monoisotopic (exact) mass is 386 g/mol. The number of nitrogens with one attached hydrogen (secondary N) is 1. The minimum Gasteiger partial charge on any atom is -0.335 e. The number of rotatable bonds is 2. The van der Waals surface area contributed by atoms with Gasteiger partial charge in [-0.1, -0.05) is 43.2 Å². The zero-order valence-electron chi connectivity index (χ0n) is 14.4. The summed E-state index contributed by atoms with van der Waals surface area (Å²) in [7, 11) is 0. The standard InChI is InChI=1S/C18H21F3N2O2S/c1-11-15(12-7-9-13(10-8-12)18(19,20)21)26-17(25)23(11)16(24)22-14-5-3-2-4-6-14/h7-11,14-15H,2-6H2,1H3,(H,22,24). The Morgan fingerprint density at radius 2 is 1.77 bits per heavy atom. The fourth-order valence-electron chi connectivity index (χ4n) is 3.53. The number of hydrogen-bond donors (Lipinski definition) is 1. The maximum absolute atomic E-state index is 12.7. The molecule has 0 aromatic heterocycles. The third-order valence-electron chi connectivity index (χ3n) is 4.99. The second-order valence-corrected chi connectivity index (χ2v) is 7.91. The first kappa shape index (κ1) is 19.1. The van der Waals surface area contributed by atoms with Crippen molar-refractivity contribution in [3.05, 3.63) is 35.4 Å². The van der Waals surface area contributed by atoms with Crippen molar-refractivity contribution in [2.75, 3.05) is 0 Å². The number of urea groups is 1. The third-order valence-corrected chi connectivity index (χ3v) is 6.31. The molecule has 8 heteroatoms. The van der Waals surface area contributed by atoms with E-state index in [9.17, 15) is 22.8 Å². The number of thioether (sulfide) groups is 1. The molecule has 1 saturated carbocycles. The van der Waals surface area contributed by atoms with Crippen molar-refractivity contribution < 1.29 is 22.8 Å². The first-order valence-electron chi connectivity index (χ1n) is 8.75. The summed E-state index contributed by atoms with van der Waals surface area (Å²) in [5.41, 5.74) is -0.119. The number of imide groups is 1. The molecule has 2 atom stereocenters. The van der Waals surface area contributed by atoms with Crippen molar-refractivity contribution in [3.63, 3.8) is 0 Å². The maximum atomic E-state index is 12.7. The molecule has 2 unspecified atom stereocenters. The second-order valence-electron chi connectivity index (χ2n) is 6.82. The second kappa shape index (κ2) is 7.50. The molecular weight excluding hydrogens is 365 g/mol. The molecule has 3 amide bonds. The van der Waals surface area contributed by atoms with Crippen LogP contribution in [-0.2, 0) is 6.18 Å². The minimum absolute atomic E-state index is 0.0892. The molecule has 1 heterocycles. The predicted molar refractivity (Wildman–Crippen MR) is 93.9 cm³/mol. The van der Waals surface area contributed by atoms with Crippen molar-refractivity contribution in [3.8, 4) is 0 Å². The first-order valence-corrected chi connectivity index (χ1v) is 9.63. The highest BCUT2D eigenvalue weighted by atomic mass is 32.2. The molecule has 0 spiro atoms. The molecule has 1 N–H and O–H groups in total. The van der Waals surface area contributed by atoms with E-state index >= 15 is 0 Å².